The summed E-state index contributed by atoms with van der Waals surface area (Å²) < 4.78 is 17.8. The van der Waals surface area contributed by atoms with Gasteiger partial charge < -0.3 is 24.4 Å². The second-order valence-electron chi connectivity index (χ2n) is 7.19. The first-order valence-corrected chi connectivity index (χ1v) is 10.3. The fourth-order valence-corrected chi connectivity index (χ4v) is 3.43. The van der Waals surface area contributed by atoms with Crippen molar-refractivity contribution < 1.29 is 19.0 Å². The van der Waals surface area contributed by atoms with E-state index in [4.69, 9.17) is 14.2 Å². The van der Waals surface area contributed by atoms with Gasteiger partial charge in [0.2, 0.25) is 11.8 Å². The summed E-state index contributed by atoms with van der Waals surface area (Å²) in [5.41, 5.74) is 1.65. The van der Waals surface area contributed by atoms with Gasteiger partial charge in [0.15, 0.2) is 11.6 Å². The highest BCUT2D eigenvalue weighted by molar-refractivity contribution is 5.79. The maximum atomic E-state index is 12.3. The molecule has 0 bridgehead atoms. The average molecular weight is 438 g/mol. The van der Waals surface area contributed by atoms with Crippen molar-refractivity contribution in [2.45, 2.75) is 6.54 Å². The molecular weight excluding hydrogens is 412 g/mol. The van der Waals surface area contributed by atoms with Crippen LogP contribution in [0.5, 0.6) is 11.6 Å². The normalized spacial score (nSPS) is 13.9. The monoisotopic (exact) mass is 438 g/mol. The highest BCUT2D eigenvalue weighted by Crippen LogP contribution is 2.26. The number of rotatable bonds is 9. The minimum Gasteiger partial charge on any atom is -0.491 e. The van der Waals surface area contributed by atoms with Crippen molar-refractivity contribution in [2.75, 3.05) is 47.1 Å². The lowest BCUT2D eigenvalue weighted by Gasteiger charge is -2.27. The number of carbonyl (C=O) groups is 1. The molecule has 0 aliphatic carbocycles. The minimum atomic E-state index is 0.0396. The number of benzene rings is 1. The van der Waals surface area contributed by atoms with E-state index < -0.39 is 0 Å². The molecule has 1 saturated heterocycles. The number of amides is 1. The minimum absolute atomic E-state index is 0.0396. The fraction of sp³-hybridized carbons (Fsp3) is 0.364. The van der Waals surface area contributed by atoms with Crippen LogP contribution in [0.1, 0.15) is 5.82 Å². The summed E-state index contributed by atoms with van der Waals surface area (Å²) in [6, 6.07) is 11.3. The Morgan fingerprint density at radius 3 is 2.59 bits per heavy atom. The van der Waals surface area contributed by atoms with E-state index in [0.717, 1.165) is 23.5 Å². The van der Waals surface area contributed by atoms with Gasteiger partial charge in [-0.3, -0.25) is 9.36 Å². The van der Waals surface area contributed by atoms with Crippen LogP contribution in [0, 0.1) is 0 Å². The van der Waals surface area contributed by atoms with E-state index in [2.05, 4.69) is 20.5 Å². The molecule has 4 rings (SSSR count). The quantitative estimate of drug-likeness (QED) is 0.499. The number of ether oxygens (including phenoxy) is 3. The van der Waals surface area contributed by atoms with Crippen LogP contribution >= 0.6 is 0 Å². The fourth-order valence-electron chi connectivity index (χ4n) is 3.43. The molecule has 1 N–H and O–H groups in total. The third-order valence-electron chi connectivity index (χ3n) is 5.11. The summed E-state index contributed by atoms with van der Waals surface area (Å²) >= 11 is 0. The number of hydrogen-bond donors (Lipinski definition) is 1. The summed E-state index contributed by atoms with van der Waals surface area (Å²) in [5, 5.41) is 11.9. The van der Waals surface area contributed by atoms with Gasteiger partial charge in [-0.1, -0.05) is 0 Å². The number of aromatic nitrogens is 4. The van der Waals surface area contributed by atoms with Crippen LogP contribution in [0.2, 0.25) is 0 Å². The summed E-state index contributed by atoms with van der Waals surface area (Å²) in [6.07, 6.45) is 1.71. The van der Waals surface area contributed by atoms with Crippen LogP contribution in [0.4, 0.5) is 0 Å². The van der Waals surface area contributed by atoms with Crippen molar-refractivity contribution in [1.82, 2.24) is 30.0 Å². The maximum Gasteiger partial charge on any atom is 0.236 e. The second kappa shape index (κ2) is 10.2. The van der Waals surface area contributed by atoms with Crippen LogP contribution in [0.15, 0.2) is 42.6 Å². The van der Waals surface area contributed by atoms with Gasteiger partial charge in [-0.05, 0) is 30.3 Å². The van der Waals surface area contributed by atoms with Gasteiger partial charge in [-0.2, -0.15) is 0 Å². The molecule has 1 aliphatic heterocycles. The Labute approximate surface area is 186 Å². The molecule has 0 radical (unpaired) electrons. The molecule has 0 atom stereocenters. The van der Waals surface area contributed by atoms with Gasteiger partial charge >= 0.3 is 0 Å². The molecule has 0 spiro atoms. The number of carbonyl (C=O) groups excluding carboxylic acids is 1. The number of pyridine rings is 1. The van der Waals surface area contributed by atoms with E-state index in [9.17, 15) is 4.79 Å². The molecule has 168 valence electrons. The van der Waals surface area contributed by atoms with Crippen LogP contribution in [0.3, 0.4) is 0 Å². The second-order valence-corrected chi connectivity index (χ2v) is 7.19. The summed E-state index contributed by atoms with van der Waals surface area (Å²) in [7, 11) is 3.21. The standard InChI is InChI=1S/C22H26N6O4/c1-30-11-12-32-18-6-3-16(4-7-18)22-26-25-19(15-27-10-9-23-14-21(27)29)28(22)17-5-8-20(31-2)24-13-17/h3-8,13,23H,9-12,14-15H2,1-2H3. The van der Waals surface area contributed by atoms with E-state index >= 15 is 0 Å². The summed E-state index contributed by atoms with van der Waals surface area (Å²) in [6.45, 7) is 3.06. The highest BCUT2D eigenvalue weighted by atomic mass is 16.5. The Morgan fingerprint density at radius 1 is 1.06 bits per heavy atom. The average Bonchev–Trinajstić information content (AvgIpc) is 3.25. The third-order valence-corrected chi connectivity index (χ3v) is 5.11. The summed E-state index contributed by atoms with van der Waals surface area (Å²) in [4.78, 5) is 18.4. The summed E-state index contributed by atoms with van der Waals surface area (Å²) in [5.74, 6) is 2.60. The molecule has 10 nitrogen and oxygen atoms in total. The van der Waals surface area contributed by atoms with Gasteiger partial charge in [0.25, 0.3) is 0 Å². The predicted molar refractivity (Wildman–Crippen MR) is 117 cm³/mol. The zero-order chi connectivity index (χ0) is 22.3. The first-order valence-electron chi connectivity index (χ1n) is 10.3. The van der Waals surface area contributed by atoms with Gasteiger partial charge in [0, 0.05) is 31.8 Å². The maximum absolute atomic E-state index is 12.3. The Morgan fingerprint density at radius 2 is 1.91 bits per heavy atom. The van der Waals surface area contributed by atoms with Crippen molar-refractivity contribution in [1.29, 1.82) is 0 Å². The van der Waals surface area contributed by atoms with Gasteiger partial charge in [0.1, 0.15) is 12.4 Å². The van der Waals surface area contributed by atoms with Gasteiger partial charge in [-0.25, -0.2) is 4.98 Å². The van der Waals surface area contributed by atoms with Crippen molar-refractivity contribution in [3.05, 3.63) is 48.4 Å². The Kier molecular flexibility index (Phi) is 6.93. The Bertz CT molecular complexity index is 1040. The lowest BCUT2D eigenvalue weighted by atomic mass is 10.2. The van der Waals surface area contributed by atoms with Crippen LogP contribution in [-0.4, -0.2) is 77.6 Å². The molecule has 0 unspecified atom stereocenters. The number of nitrogens with zero attached hydrogens (tertiary/aromatic N) is 5. The van der Waals surface area contributed by atoms with E-state index in [1.807, 2.05) is 34.9 Å². The van der Waals surface area contributed by atoms with Crippen molar-refractivity contribution in [2.24, 2.45) is 0 Å². The van der Waals surface area contributed by atoms with E-state index in [1.54, 1.807) is 31.4 Å². The predicted octanol–water partition coefficient (Wildman–Crippen LogP) is 1.29. The smallest absolute Gasteiger partial charge is 0.236 e. The molecule has 0 saturated carbocycles. The topological polar surface area (TPSA) is 104 Å². The highest BCUT2D eigenvalue weighted by Gasteiger charge is 2.23. The Hall–Kier alpha value is -3.50. The molecule has 1 aliphatic rings. The molecule has 1 amide bonds. The number of piperazine rings is 1. The van der Waals surface area contributed by atoms with E-state index in [-0.39, 0.29) is 5.91 Å². The SMILES string of the molecule is COCCOc1ccc(-c2nnc(CN3CCNCC3=O)n2-c2ccc(OC)nc2)cc1. The molecule has 32 heavy (non-hydrogen) atoms. The number of hydrogen-bond acceptors (Lipinski definition) is 8. The molecule has 10 heteroatoms. The molecule has 1 aromatic carbocycles. The van der Waals surface area contributed by atoms with Gasteiger partial charge in [0.05, 0.1) is 38.7 Å². The number of nitrogens with one attached hydrogen (secondary N) is 1. The van der Waals surface area contributed by atoms with E-state index in [0.29, 0.717) is 50.4 Å². The molecular formula is C22H26N6O4. The first-order chi connectivity index (χ1) is 15.7. The first kappa shape index (κ1) is 21.7. The Balaban J connectivity index is 1.66. The molecule has 2 aromatic heterocycles. The van der Waals surface area contributed by atoms with Gasteiger partial charge in [-0.15, -0.1) is 10.2 Å². The molecule has 3 heterocycles. The van der Waals surface area contributed by atoms with Crippen molar-refractivity contribution in [3.8, 4) is 28.7 Å². The lowest BCUT2D eigenvalue weighted by molar-refractivity contribution is -0.132. The number of methoxy groups -OCH3 is 2. The van der Waals surface area contributed by atoms with Crippen LogP contribution in [-0.2, 0) is 16.1 Å². The molecule has 1 fully saturated rings. The largest absolute Gasteiger partial charge is 0.491 e. The van der Waals surface area contributed by atoms with Crippen LogP contribution < -0.4 is 14.8 Å². The zero-order valence-electron chi connectivity index (χ0n) is 18.2. The molecule has 3 aromatic rings. The van der Waals surface area contributed by atoms with Crippen molar-refractivity contribution in [3.63, 3.8) is 0 Å². The van der Waals surface area contributed by atoms with E-state index in [1.165, 1.54) is 0 Å². The van der Waals surface area contributed by atoms with Crippen molar-refractivity contribution >= 4 is 5.91 Å². The van der Waals surface area contributed by atoms with Crippen LogP contribution in [0.25, 0.3) is 17.1 Å². The third kappa shape index (κ3) is 4.87. The zero-order valence-corrected chi connectivity index (χ0v) is 18.2. The lowest BCUT2D eigenvalue weighted by Crippen LogP contribution is -2.47.